The van der Waals surface area contributed by atoms with Crippen LogP contribution in [0, 0.1) is 0 Å². The molecule has 2 aliphatic heterocycles. The third kappa shape index (κ3) is 7.32. The van der Waals surface area contributed by atoms with Gasteiger partial charge in [-0.2, -0.15) is 0 Å². The summed E-state index contributed by atoms with van der Waals surface area (Å²) in [6.07, 6.45) is 0. The molecule has 7 aromatic carbocycles. The summed E-state index contributed by atoms with van der Waals surface area (Å²) >= 11 is 0. The van der Waals surface area contributed by atoms with Crippen LogP contribution in [0.2, 0.25) is 0 Å². The molecular formula is C60H65BN2. The number of hydrogen-bond donors (Lipinski definition) is 0. The second-order valence-electron chi connectivity index (χ2n) is 22.4. The third-order valence-corrected chi connectivity index (χ3v) is 14.3. The highest BCUT2D eigenvalue weighted by Crippen LogP contribution is 2.48. The van der Waals surface area contributed by atoms with Crippen molar-refractivity contribution >= 4 is 57.2 Å². The van der Waals surface area contributed by atoms with Crippen LogP contribution < -0.4 is 26.2 Å². The van der Waals surface area contributed by atoms with Crippen LogP contribution in [0.25, 0.3) is 0 Å². The van der Waals surface area contributed by atoms with Gasteiger partial charge in [-0.15, -0.1) is 0 Å². The van der Waals surface area contributed by atoms with Crippen molar-refractivity contribution in [2.45, 2.75) is 117 Å². The first-order valence-electron chi connectivity index (χ1n) is 23.1. The fourth-order valence-corrected chi connectivity index (χ4v) is 10.0. The van der Waals surface area contributed by atoms with Gasteiger partial charge in [0.25, 0.3) is 6.71 Å². The molecule has 7 aromatic rings. The van der Waals surface area contributed by atoms with Gasteiger partial charge in [0.1, 0.15) is 0 Å². The highest BCUT2D eigenvalue weighted by molar-refractivity contribution is 7.00. The molecular weight excluding hydrogens is 759 g/mol. The minimum absolute atomic E-state index is 0.0138. The Hall–Kier alpha value is -5.80. The molecule has 0 amide bonds. The van der Waals surface area contributed by atoms with Crippen molar-refractivity contribution in [3.8, 4) is 0 Å². The van der Waals surface area contributed by atoms with Crippen molar-refractivity contribution in [1.82, 2.24) is 0 Å². The van der Waals surface area contributed by atoms with Crippen LogP contribution in [0.5, 0.6) is 0 Å². The largest absolute Gasteiger partial charge is 0.311 e. The van der Waals surface area contributed by atoms with E-state index >= 15 is 0 Å². The van der Waals surface area contributed by atoms with Gasteiger partial charge in [-0.1, -0.05) is 199 Å². The van der Waals surface area contributed by atoms with E-state index in [0.717, 1.165) is 0 Å². The fraction of sp³-hybridized carbons (Fsp3) is 0.300. The van der Waals surface area contributed by atoms with Crippen LogP contribution in [0.1, 0.15) is 129 Å². The van der Waals surface area contributed by atoms with Crippen LogP contribution in [0.4, 0.5) is 34.1 Å². The zero-order valence-electron chi connectivity index (χ0n) is 40.0. The van der Waals surface area contributed by atoms with Gasteiger partial charge >= 0.3 is 0 Å². The third-order valence-electron chi connectivity index (χ3n) is 14.3. The van der Waals surface area contributed by atoms with Crippen molar-refractivity contribution in [1.29, 1.82) is 0 Å². The van der Waals surface area contributed by atoms with Crippen LogP contribution in [0.15, 0.2) is 158 Å². The van der Waals surface area contributed by atoms with Gasteiger partial charge in [0.15, 0.2) is 0 Å². The van der Waals surface area contributed by atoms with E-state index in [9.17, 15) is 0 Å². The second-order valence-corrected chi connectivity index (χ2v) is 22.4. The first-order valence-corrected chi connectivity index (χ1v) is 23.1. The van der Waals surface area contributed by atoms with E-state index < -0.39 is 0 Å². The lowest BCUT2D eigenvalue weighted by molar-refractivity contribution is 0.590. The molecule has 0 bridgehead atoms. The quantitative estimate of drug-likeness (QED) is 0.154. The number of rotatable bonds is 6. The van der Waals surface area contributed by atoms with Gasteiger partial charge in [-0.25, -0.2) is 0 Å². The Morgan fingerprint density at radius 1 is 0.302 bits per heavy atom. The summed E-state index contributed by atoms with van der Waals surface area (Å²) in [4.78, 5) is 5.22. The number of benzene rings is 7. The Balaban J connectivity index is 1.38. The summed E-state index contributed by atoms with van der Waals surface area (Å²) in [5, 5.41) is 0. The van der Waals surface area contributed by atoms with Gasteiger partial charge in [0, 0.05) is 45.0 Å². The Morgan fingerprint density at radius 3 is 1.11 bits per heavy atom. The maximum Gasteiger partial charge on any atom is 0.252 e. The van der Waals surface area contributed by atoms with Crippen molar-refractivity contribution in [2.75, 3.05) is 9.80 Å². The van der Waals surface area contributed by atoms with Crippen molar-refractivity contribution < 1.29 is 0 Å². The normalized spacial score (nSPS) is 14.0. The first kappa shape index (κ1) is 42.5. The molecule has 0 atom stereocenters. The maximum absolute atomic E-state index is 2.61. The summed E-state index contributed by atoms with van der Waals surface area (Å²) < 4.78 is 0. The molecule has 2 heterocycles. The van der Waals surface area contributed by atoms with E-state index in [1.165, 1.54) is 89.5 Å². The van der Waals surface area contributed by atoms with Crippen LogP contribution in [-0.4, -0.2) is 6.71 Å². The van der Waals surface area contributed by atoms with Crippen LogP contribution >= 0.6 is 0 Å². The zero-order chi connectivity index (χ0) is 44.9. The summed E-state index contributed by atoms with van der Waals surface area (Å²) in [6, 6.07) is 60.4. The minimum atomic E-state index is -0.213. The molecule has 9 rings (SSSR count). The molecule has 0 saturated heterocycles. The van der Waals surface area contributed by atoms with Gasteiger partial charge in [0.05, 0.1) is 0 Å². The maximum atomic E-state index is 2.61. The van der Waals surface area contributed by atoms with Crippen molar-refractivity contribution in [3.63, 3.8) is 0 Å². The summed E-state index contributed by atoms with van der Waals surface area (Å²) in [6.45, 7) is 30.6. The predicted molar refractivity (Wildman–Crippen MR) is 274 cm³/mol. The molecule has 0 N–H and O–H groups in total. The van der Waals surface area contributed by atoms with E-state index in [1.54, 1.807) is 0 Å². The molecule has 63 heavy (non-hydrogen) atoms. The SMILES string of the molecule is CC(C)(C)c1cccc(N2c3cc(C(C)(C)c4ccccc4)ccc3B3c4ccc(C(C)(C)C)cc4N(c4cccc(C(C)(C)c5ccccc5)c4)c4cc(C(C)(C)C)cc2c43)c1. The Bertz CT molecular complexity index is 2820. The van der Waals surface area contributed by atoms with E-state index in [0.29, 0.717) is 0 Å². The summed E-state index contributed by atoms with van der Waals surface area (Å²) in [5.74, 6) is 0. The van der Waals surface area contributed by atoms with E-state index in [1.807, 2.05) is 0 Å². The molecule has 2 nitrogen and oxygen atoms in total. The molecule has 0 radical (unpaired) electrons. The summed E-state index contributed by atoms with van der Waals surface area (Å²) in [7, 11) is 0. The molecule has 318 valence electrons. The molecule has 0 unspecified atom stereocenters. The highest BCUT2D eigenvalue weighted by Gasteiger charge is 2.45. The molecule has 0 aromatic heterocycles. The topological polar surface area (TPSA) is 6.48 Å². The second kappa shape index (κ2) is 14.9. The summed E-state index contributed by atoms with van der Waals surface area (Å²) in [5.41, 5.74) is 20.0. The van der Waals surface area contributed by atoms with E-state index in [2.05, 4.69) is 258 Å². The van der Waals surface area contributed by atoms with Gasteiger partial charge in [-0.3, -0.25) is 0 Å². The van der Waals surface area contributed by atoms with Gasteiger partial charge in [-0.05, 0) is 120 Å². The molecule has 0 saturated carbocycles. The lowest BCUT2D eigenvalue weighted by Gasteiger charge is -2.46. The van der Waals surface area contributed by atoms with Gasteiger partial charge in [0.2, 0.25) is 0 Å². The average molecular weight is 825 g/mol. The number of fused-ring (bicyclic) bond motifs is 4. The number of anilines is 6. The predicted octanol–water partition coefficient (Wildman–Crippen LogP) is 14.3. The fourth-order valence-electron chi connectivity index (χ4n) is 10.0. The average Bonchev–Trinajstić information content (AvgIpc) is 3.25. The molecule has 0 fully saturated rings. The molecule has 3 heteroatoms. The smallest absolute Gasteiger partial charge is 0.252 e. The van der Waals surface area contributed by atoms with Crippen molar-refractivity contribution in [3.05, 3.63) is 197 Å². The molecule has 0 aliphatic carbocycles. The highest BCUT2D eigenvalue weighted by atomic mass is 15.2. The molecule has 0 spiro atoms. The number of hydrogen-bond acceptors (Lipinski definition) is 2. The molecule has 2 aliphatic rings. The standard InChI is InChI=1S/C60H65BN2/c1-56(2,3)42-26-20-28-47(34-42)62-52-37-45(60(12,13)41-24-18-15-19-25-41)31-33-50(52)61-49-32-30-43(57(4,5)6)36-51(49)63(54-39-46(58(7,8)9)38-53(62)55(54)61)48-29-21-27-44(35-48)59(10,11)40-22-16-14-17-23-40/h14-39H,1-13H3. The van der Waals surface area contributed by atoms with E-state index in [-0.39, 0.29) is 33.8 Å². The number of nitrogens with zero attached hydrogens (tertiary/aromatic N) is 2. The Morgan fingerprint density at radius 2 is 0.651 bits per heavy atom. The van der Waals surface area contributed by atoms with Crippen LogP contribution in [0.3, 0.4) is 0 Å². The zero-order valence-corrected chi connectivity index (χ0v) is 40.0. The Labute approximate surface area is 379 Å². The van der Waals surface area contributed by atoms with Crippen LogP contribution in [-0.2, 0) is 27.1 Å². The van der Waals surface area contributed by atoms with E-state index in [4.69, 9.17) is 0 Å². The first-order chi connectivity index (χ1) is 29.7. The monoisotopic (exact) mass is 825 g/mol. The minimum Gasteiger partial charge on any atom is -0.311 e. The van der Waals surface area contributed by atoms with Gasteiger partial charge < -0.3 is 9.80 Å². The van der Waals surface area contributed by atoms with Crippen molar-refractivity contribution in [2.24, 2.45) is 0 Å². The lowest BCUT2D eigenvalue weighted by Crippen LogP contribution is -2.61. The Kier molecular flexibility index (Phi) is 10.1. The lowest BCUT2D eigenvalue weighted by atomic mass is 9.33.